The summed E-state index contributed by atoms with van der Waals surface area (Å²) in [5.41, 5.74) is 6.89. The molecule has 0 aliphatic rings. The summed E-state index contributed by atoms with van der Waals surface area (Å²) >= 11 is 0. The molecular weight excluding hydrogens is 240 g/mol. The molecule has 4 heteroatoms. The Labute approximate surface area is 114 Å². The summed E-state index contributed by atoms with van der Waals surface area (Å²) in [6.45, 7) is 9.39. The first-order valence-electron chi connectivity index (χ1n) is 6.55. The molecule has 0 saturated heterocycles. The fourth-order valence-electron chi connectivity index (χ4n) is 1.88. The average molecular weight is 262 g/mol. The molecule has 1 aromatic rings. The minimum absolute atomic E-state index is 0.0463. The molecule has 104 valence electrons. The summed E-state index contributed by atoms with van der Waals surface area (Å²) in [4.78, 5) is 14.1. The summed E-state index contributed by atoms with van der Waals surface area (Å²) in [5.74, 6) is 0.580. The standard InChI is InChI=1S/C15H22N2O2/c1-4-7-17(8-5-2)15(18)12-9-13(16)11-14(10-12)19-6-3/h4,9-11H,1,5-8,16H2,2-3H3. The summed E-state index contributed by atoms with van der Waals surface area (Å²) in [5, 5.41) is 0. The first-order valence-corrected chi connectivity index (χ1v) is 6.55. The van der Waals surface area contributed by atoms with Crippen molar-refractivity contribution in [2.75, 3.05) is 25.4 Å². The highest BCUT2D eigenvalue weighted by molar-refractivity contribution is 5.95. The van der Waals surface area contributed by atoms with E-state index in [-0.39, 0.29) is 5.91 Å². The van der Waals surface area contributed by atoms with Gasteiger partial charge in [-0.1, -0.05) is 13.0 Å². The van der Waals surface area contributed by atoms with E-state index in [1.54, 1.807) is 29.2 Å². The average Bonchev–Trinajstić information content (AvgIpc) is 2.37. The highest BCUT2D eigenvalue weighted by Gasteiger charge is 2.15. The second kappa shape index (κ2) is 7.46. The number of benzene rings is 1. The topological polar surface area (TPSA) is 55.6 Å². The van der Waals surface area contributed by atoms with E-state index in [1.807, 2.05) is 13.8 Å². The molecule has 0 radical (unpaired) electrons. The summed E-state index contributed by atoms with van der Waals surface area (Å²) in [6, 6.07) is 5.13. The minimum Gasteiger partial charge on any atom is -0.494 e. The summed E-state index contributed by atoms with van der Waals surface area (Å²) in [6.07, 6.45) is 2.63. The number of rotatable bonds is 7. The molecule has 0 aliphatic heterocycles. The van der Waals surface area contributed by atoms with Crippen LogP contribution < -0.4 is 10.5 Å². The Kier molecular flexibility index (Phi) is 5.93. The van der Waals surface area contributed by atoms with Crippen LogP contribution in [-0.2, 0) is 0 Å². The molecule has 0 saturated carbocycles. The van der Waals surface area contributed by atoms with E-state index in [9.17, 15) is 4.79 Å². The van der Waals surface area contributed by atoms with Gasteiger partial charge in [0.1, 0.15) is 5.75 Å². The molecule has 0 unspecified atom stereocenters. The second-order valence-corrected chi connectivity index (χ2v) is 4.26. The van der Waals surface area contributed by atoms with Crippen LogP contribution >= 0.6 is 0 Å². The number of hydrogen-bond acceptors (Lipinski definition) is 3. The smallest absolute Gasteiger partial charge is 0.254 e. The molecule has 1 rings (SSSR count). The van der Waals surface area contributed by atoms with Crippen LogP contribution in [0.15, 0.2) is 30.9 Å². The van der Waals surface area contributed by atoms with Crippen LogP contribution in [0.3, 0.4) is 0 Å². The maximum absolute atomic E-state index is 12.4. The van der Waals surface area contributed by atoms with Crippen LogP contribution in [0.1, 0.15) is 30.6 Å². The van der Waals surface area contributed by atoms with E-state index >= 15 is 0 Å². The fraction of sp³-hybridized carbons (Fsp3) is 0.400. The zero-order valence-electron chi connectivity index (χ0n) is 11.7. The van der Waals surface area contributed by atoms with Crippen molar-refractivity contribution in [2.24, 2.45) is 0 Å². The predicted octanol–water partition coefficient (Wildman–Crippen LogP) is 2.71. The molecule has 2 N–H and O–H groups in total. The molecular formula is C15H22N2O2. The van der Waals surface area contributed by atoms with E-state index in [4.69, 9.17) is 10.5 Å². The van der Waals surface area contributed by atoms with E-state index in [0.29, 0.717) is 36.7 Å². The van der Waals surface area contributed by atoms with Gasteiger partial charge in [0, 0.05) is 30.4 Å². The van der Waals surface area contributed by atoms with Gasteiger partial charge in [-0.05, 0) is 25.5 Å². The van der Waals surface area contributed by atoms with Gasteiger partial charge in [0.2, 0.25) is 0 Å². The molecule has 0 heterocycles. The second-order valence-electron chi connectivity index (χ2n) is 4.26. The minimum atomic E-state index is -0.0463. The molecule has 0 aliphatic carbocycles. The van der Waals surface area contributed by atoms with Crippen LogP contribution in [0.4, 0.5) is 5.69 Å². The van der Waals surface area contributed by atoms with Crippen molar-refractivity contribution < 1.29 is 9.53 Å². The van der Waals surface area contributed by atoms with E-state index in [0.717, 1.165) is 6.42 Å². The van der Waals surface area contributed by atoms with Crippen LogP contribution in [0.2, 0.25) is 0 Å². The number of nitrogens with two attached hydrogens (primary N) is 1. The third-order valence-electron chi connectivity index (χ3n) is 2.62. The Bertz CT molecular complexity index is 444. The van der Waals surface area contributed by atoms with Crippen LogP contribution in [0.5, 0.6) is 5.75 Å². The lowest BCUT2D eigenvalue weighted by atomic mass is 10.1. The molecule has 1 aromatic carbocycles. The molecule has 4 nitrogen and oxygen atoms in total. The van der Waals surface area contributed by atoms with Crippen LogP contribution in [0.25, 0.3) is 0 Å². The Morgan fingerprint density at radius 3 is 2.74 bits per heavy atom. The van der Waals surface area contributed by atoms with E-state index in [2.05, 4.69) is 6.58 Å². The normalized spacial score (nSPS) is 10.0. The Hall–Kier alpha value is -1.97. The van der Waals surface area contributed by atoms with Gasteiger partial charge < -0.3 is 15.4 Å². The van der Waals surface area contributed by atoms with Gasteiger partial charge in [-0.2, -0.15) is 0 Å². The molecule has 0 bridgehead atoms. The molecule has 0 aromatic heterocycles. The fourth-order valence-corrected chi connectivity index (χ4v) is 1.88. The van der Waals surface area contributed by atoms with Crippen molar-refractivity contribution in [3.63, 3.8) is 0 Å². The number of carbonyl (C=O) groups is 1. The number of nitrogens with zero attached hydrogens (tertiary/aromatic N) is 1. The number of amides is 1. The predicted molar refractivity (Wildman–Crippen MR) is 78.4 cm³/mol. The SMILES string of the molecule is C=CCN(CCC)C(=O)c1cc(N)cc(OCC)c1. The monoisotopic (exact) mass is 262 g/mol. The van der Waals surface area contributed by atoms with Gasteiger partial charge in [-0.3, -0.25) is 4.79 Å². The number of ether oxygens (including phenoxy) is 1. The van der Waals surface area contributed by atoms with Crippen LogP contribution in [-0.4, -0.2) is 30.5 Å². The maximum Gasteiger partial charge on any atom is 0.254 e. The first kappa shape index (κ1) is 15.1. The van der Waals surface area contributed by atoms with E-state index in [1.165, 1.54) is 0 Å². The Morgan fingerprint density at radius 1 is 1.42 bits per heavy atom. The van der Waals surface area contributed by atoms with Gasteiger partial charge >= 0.3 is 0 Å². The largest absolute Gasteiger partial charge is 0.494 e. The number of hydrogen-bond donors (Lipinski definition) is 1. The van der Waals surface area contributed by atoms with Gasteiger partial charge in [0.15, 0.2) is 0 Å². The summed E-state index contributed by atoms with van der Waals surface area (Å²) in [7, 11) is 0. The number of nitrogen functional groups attached to an aromatic ring is 1. The number of anilines is 1. The van der Waals surface area contributed by atoms with Gasteiger partial charge in [0.05, 0.1) is 6.61 Å². The molecule has 0 atom stereocenters. The van der Waals surface area contributed by atoms with E-state index < -0.39 is 0 Å². The zero-order valence-corrected chi connectivity index (χ0v) is 11.7. The Morgan fingerprint density at radius 2 is 2.16 bits per heavy atom. The lowest BCUT2D eigenvalue weighted by molar-refractivity contribution is 0.0773. The van der Waals surface area contributed by atoms with Crippen molar-refractivity contribution in [3.05, 3.63) is 36.4 Å². The molecule has 1 amide bonds. The van der Waals surface area contributed by atoms with Crippen molar-refractivity contribution in [2.45, 2.75) is 20.3 Å². The van der Waals surface area contributed by atoms with Gasteiger partial charge in [-0.25, -0.2) is 0 Å². The van der Waals surface area contributed by atoms with Crippen LogP contribution in [0, 0.1) is 0 Å². The summed E-state index contributed by atoms with van der Waals surface area (Å²) < 4.78 is 5.41. The quantitative estimate of drug-likeness (QED) is 0.607. The maximum atomic E-state index is 12.4. The lowest BCUT2D eigenvalue weighted by Crippen LogP contribution is -2.31. The third-order valence-corrected chi connectivity index (χ3v) is 2.62. The van der Waals surface area contributed by atoms with Crippen molar-refractivity contribution >= 4 is 11.6 Å². The third kappa shape index (κ3) is 4.32. The highest BCUT2D eigenvalue weighted by atomic mass is 16.5. The highest BCUT2D eigenvalue weighted by Crippen LogP contribution is 2.20. The molecule has 0 fully saturated rings. The van der Waals surface area contributed by atoms with Crippen molar-refractivity contribution in [1.29, 1.82) is 0 Å². The van der Waals surface area contributed by atoms with Gasteiger partial charge in [0.25, 0.3) is 5.91 Å². The zero-order chi connectivity index (χ0) is 14.3. The molecule has 19 heavy (non-hydrogen) atoms. The Balaban J connectivity index is 2.98. The first-order chi connectivity index (χ1) is 9.12. The van der Waals surface area contributed by atoms with Gasteiger partial charge in [-0.15, -0.1) is 6.58 Å². The molecule has 0 spiro atoms. The lowest BCUT2D eigenvalue weighted by Gasteiger charge is -2.21. The van der Waals surface area contributed by atoms with Crippen molar-refractivity contribution in [3.8, 4) is 5.75 Å². The van der Waals surface area contributed by atoms with Crippen molar-refractivity contribution in [1.82, 2.24) is 4.90 Å². The number of carbonyl (C=O) groups excluding carboxylic acids is 1.